The highest BCUT2D eigenvalue weighted by atomic mass is 32.2. The second-order valence-electron chi connectivity index (χ2n) is 3.34. The fourth-order valence-corrected chi connectivity index (χ4v) is 1.94. The van der Waals surface area contributed by atoms with Crippen LogP contribution in [0.5, 0.6) is 0 Å². The Morgan fingerprint density at radius 3 is 2.53 bits per heavy atom. The van der Waals surface area contributed by atoms with E-state index in [2.05, 4.69) is 20.7 Å². The number of benzene rings is 1. The highest BCUT2D eigenvalue weighted by Crippen LogP contribution is 2.24. The summed E-state index contributed by atoms with van der Waals surface area (Å²) in [5.74, 6) is -3.55. The molecule has 19 heavy (non-hydrogen) atoms. The van der Waals surface area contributed by atoms with Crippen LogP contribution in [0.15, 0.2) is 29.2 Å². The van der Waals surface area contributed by atoms with Crippen LogP contribution in [-0.2, 0) is 10.1 Å². The molecule has 0 spiro atoms. The van der Waals surface area contributed by atoms with Crippen molar-refractivity contribution in [3.63, 3.8) is 0 Å². The largest absolute Gasteiger partial charge is 0.335 e. The topological polar surface area (TPSA) is 105 Å². The molecular formula is C9H6F2N4O3S. The van der Waals surface area contributed by atoms with Gasteiger partial charge in [-0.3, -0.25) is 4.55 Å². The third-order valence-electron chi connectivity index (χ3n) is 2.08. The molecule has 0 unspecified atom stereocenters. The fourth-order valence-electron chi connectivity index (χ4n) is 1.29. The Hall–Kier alpha value is -2.20. The van der Waals surface area contributed by atoms with Crippen LogP contribution in [0.3, 0.4) is 0 Å². The van der Waals surface area contributed by atoms with Crippen molar-refractivity contribution in [3.05, 3.63) is 36.0 Å². The highest BCUT2D eigenvalue weighted by Gasteiger charge is 2.18. The van der Waals surface area contributed by atoms with Crippen LogP contribution in [0.1, 0.15) is 0 Å². The smallest absolute Gasteiger partial charge is 0.296 e. The zero-order valence-corrected chi connectivity index (χ0v) is 9.90. The van der Waals surface area contributed by atoms with Gasteiger partial charge in [-0.15, -0.1) is 5.10 Å². The molecule has 1 aromatic carbocycles. The van der Waals surface area contributed by atoms with E-state index in [0.29, 0.717) is 0 Å². The molecule has 0 amide bonds. The van der Waals surface area contributed by atoms with Crippen LogP contribution in [-0.4, -0.2) is 28.4 Å². The maximum Gasteiger partial charge on any atom is 0.296 e. The lowest BCUT2D eigenvalue weighted by Gasteiger charge is -2.08. The lowest BCUT2D eigenvalue weighted by molar-refractivity contribution is 0.456. The molecule has 7 nitrogen and oxygen atoms in total. The first-order valence-electron chi connectivity index (χ1n) is 4.77. The average molecular weight is 288 g/mol. The highest BCUT2D eigenvalue weighted by molar-refractivity contribution is 7.86. The van der Waals surface area contributed by atoms with E-state index in [1.165, 1.54) is 18.2 Å². The van der Waals surface area contributed by atoms with Crippen molar-refractivity contribution in [2.24, 2.45) is 0 Å². The molecule has 1 heterocycles. The number of nitrogens with one attached hydrogen (secondary N) is 1. The van der Waals surface area contributed by atoms with Gasteiger partial charge in [0.15, 0.2) is 5.82 Å². The summed E-state index contributed by atoms with van der Waals surface area (Å²) in [4.78, 5) is -0.506. The standard InChI is InChI=1S/C9H6F2N4O3S/c10-7-8(11)13-15-14-9(7)12-5-3-1-2-4-6(5)19(16,17)18/h1-4H,(H,12,13,14)(H,16,17,18). The molecule has 1 aromatic heterocycles. The summed E-state index contributed by atoms with van der Waals surface area (Å²) in [5, 5.41) is 11.1. The third kappa shape index (κ3) is 2.80. The molecule has 2 rings (SSSR count). The minimum atomic E-state index is -4.52. The van der Waals surface area contributed by atoms with Crippen molar-refractivity contribution < 1.29 is 21.8 Å². The van der Waals surface area contributed by atoms with Crippen LogP contribution >= 0.6 is 0 Å². The van der Waals surface area contributed by atoms with Crippen molar-refractivity contribution in [2.75, 3.05) is 5.32 Å². The molecule has 0 saturated heterocycles. The van der Waals surface area contributed by atoms with Crippen LogP contribution in [0.2, 0.25) is 0 Å². The average Bonchev–Trinajstić information content (AvgIpc) is 2.34. The molecule has 2 N–H and O–H groups in total. The van der Waals surface area contributed by atoms with Crippen LogP contribution in [0.25, 0.3) is 0 Å². The molecule has 0 radical (unpaired) electrons. The number of para-hydroxylation sites is 1. The third-order valence-corrected chi connectivity index (χ3v) is 3.00. The van der Waals surface area contributed by atoms with Gasteiger partial charge in [0.25, 0.3) is 16.1 Å². The monoisotopic (exact) mass is 288 g/mol. The summed E-state index contributed by atoms with van der Waals surface area (Å²) in [6, 6.07) is 5.10. The van der Waals surface area contributed by atoms with Gasteiger partial charge in [-0.1, -0.05) is 17.2 Å². The van der Waals surface area contributed by atoms with E-state index in [1.807, 2.05) is 0 Å². The van der Waals surface area contributed by atoms with Crippen molar-refractivity contribution in [1.29, 1.82) is 0 Å². The summed E-state index contributed by atoms with van der Waals surface area (Å²) in [5.41, 5.74) is -0.177. The number of hydrogen-bond acceptors (Lipinski definition) is 6. The summed E-state index contributed by atoms with van der Waals surface area (Å²) < 4.78 is 57.3. The van der Waals surface area contributed by atoms with Gasteiger partial charge >= 0.3 is 0 Å². The Kier molecular flexibility index (Phi) is 3.36. The Morgan fingerprint density at radius 2 is 1.84 bits per heavy atom. The van der Waals surface area contributed by atoms with E-state index < -0.39 is 32.6 Å². The van der Waals surface area contributed by atoms with Gasteiger partial charge in [-0.2, -0.15) is 17.2 Å². The summed E-state index contributed by atoms with van der Waals surface area (Å²) in [6.07, 6.45) is 0. The zero-order valence-electron chi connectivity index (χ0n) is 9.08. The van der Waals surface area contributed by atoms with Crippen molar-refractivity contribution in [1.82, 2.24) is 15.4 Å². The first-order chi connectivity index (χ1) is 8.89. The van der Waals surface area contributed by atoms with E-state index in [9.17, 15) is 17.2 Å². The molecular weight excluding hydrogens is 282 g/mol. The molecule has 0 atom stereocenters. The van der Waals surface area contributed by atoms with Crippen molar-refractivity contribution >= 4 is 21.6 Å². The number of rotatable bonds is 3. The van der Waals surface area contributed by atoms with E-state index in [0.717, 1.165) is 6.07 Å². The van der Waals surface area contributed by atoms with Gasteiger partial charge in [0.2, 0.25) is 5.82 Å². The number of aromatic nitrogens is 3. The zero-order chi connectivity index (χ0) is 14.0. The lowest BCUT2D eigenvalue weighted by atomic mass is 10.3. The Balaban J connectivity index is 2.48. The molecule has 10 heteroatoms. The minimum absolute atomic E-state index is 0.177. The van der Waals surface area contributed by atoms with E-state index in [-0.39, 0.29) is 5.69 Å². The minimum Gasteiger partial charge on any atom is -0.335 e. The maximum absolute atomic E-state index is 13.3. The molecule has 0 aliphatic carbocycles. The first-order valence-corrected chi connectivity index (χ1v) is 6.21. The normalized spacial score (nSPS) is 11.3. The predicted octanol–water partition coefficient (Wildman–Crippen LogP) is 1.14. The van der Waals surface area contributed by atoms with E-state index >= 15 is 0 Å². The summed E-state index contributed by atoms with van der Waals surface area (Å²) >= 11 is 0. The molecule has 2 aromatic rings. The Labute approximate surface area is 106 Å². The Morgan fingerprint density at radius 1 is 1.16 bits per heavy atom. The number of anilines is 2. The van der Waals surface area contributed by atoms with Gasteiger partial charge < -0.3 is 5.32 Å². The number of halogens is 2. The quantitative estimate of drug-likeness (QED) is 0.816. The van der Waals surface area contributed by atoms with E-state index in [4.69, 9.17) is 4.55 Å². The molecule has 100 valence electrons. The predicted molar refractivity (Wildman–Crippen MR) is 59.3 cm³/mol. The summed E-state index contributed by atoms with van der Waals surface area (Å²) in [6.45, 7) is 0. The molecule has 0 aliphatic rings. The van der Waals surface area contributed by atoms with Crippen LogP contribution < -0.4 is 5.32 Å². The second kappa shape index (κ2) is 4.82. The molecule has 0 bridgehead atoms. The first kappa shape index (κ1) is 13.2. The van der Waals surface area contributed by atoms with Crippen LogP contribution in [0.4, 0.5) is 20.3 Å². The van der Waals surface area contributed by atoms with Crippen molar-refractivity contribution in [2.45, 2.75) is 4.90 Å². The molecule has 0 aliphatic heterocycles. The number of nitrogens with zero attached hydrogens (tertiary/aromatic N) is 3. The van der Waals surface area contributed by atoms with Gasteiger partial charge in [-0.05, 0) is 17.3 Å². The summed E-state index contributed by atoms with van der Waals surface area (Å²) in [7, 11) is -4.52. The SMILES string of the molecule is O=S(=O)(O)c1ccccc1Nc1nnnc(F)c1F. The van der Waals surface area contributed by atoms with Crippen molar-refractivity contribution in [3.8, 4) is 0 Å². The van der Waals surface area contributed by atoms with Gasteiger partial charge in [-0.25, -0.2) is 0 Å². The molecule has 0 fully saturated rings. The lowest BCUT2D eigenvalue weighted by Crippen LogP contribution is -2.08. The van der Waals surface area contributed by atoms with Gasteiger partial charge in [0.05, 0.1) is 5.69 Å². The van der Waals surface area contributed by atoms with Gasteiger partial charge in [0.1, 0.15) is 4.90 Å². The van der Waals surface area contributed by atoms with Gasteiger partial charge in [0, 0.05) is 0 Å². The second-order valence-corrected chi connectivity index (χ2v) is 4.73. The Bertz CT molecular complexity index is 723. The van der Waals surface area contributed by atoms with Crippen LogP contribution in [0, 0.1) is 11.8 Å². The maximum atomic E-state index is 13.3. The number of hydrogen-bond donors (Lipinski definition) is 2. The van der Waals surface area contributed by atoms with E-state index in [1.54, 1.807) is 0 Å². The molecule has 0 saturated carbocycles. The fraction of sp³-hybridized carbons (Fsp3) is 0.